The van der Waals surface area contributed by atoms with Gasteiger partial charge in [0.2, 0.25) is 11.8 Å². The van der Waals surface area contributed by atoms with Gasteiger partial charge < -0.3 is 10.6 Å². The zero-order valence-electron chi connectivity index (χ0n) is 13.4. The summed E-state index contributed by atoms with van der Waals surface area (Å²) in [5.41, 5.74) is 2.23. The Hall–Kier alpha value is -2.69. The van der Waals surface area contributed by atoms with Gasteiger partial charge in [-0.15, -0.1) is 0 Å². The van der Waals surface area contributed by atoms with Crippen LogP contribution in [-0.2, 0) is 16.1 Å². The summed E-state index contributed by atoms with van der Waals surface area (Å²) >= 11 is 0. The van der Waals surface area contributed by atoms with Crippen molar-refractivity contribution in [1.29, 1.82) is 0 Å². The fourth-order valence-corrected chi connectivity index (χ4v) is 2.69. The molecule has 2 atom stereocenters. The van der Waals surface area contributed by atoms with Gasteiger partial charge in [0.15, 0.2) is 0 Å². The number of rotatable bonds is 5. The van der Waals surface area contributed by atoms with Gasteiger partial charge in [-0.25, -0.2) is 4.39 Å². The number of carbonyl (C=O) groups is 2. The smallest absolute Gasteiger partial charge is 0.228 e. The Morgan fingerprint density at radius 2 is 1.83 bits per heavy atom. The molecule has 2 N–H and O–H groups in total. The molecule has 2 unspecified atom stereocenters. The molecule has 124 valence electrons. The fourth-order valence-electron chi connectivity index (χ4n) is 2.69. The third kappa shape index (κ3) is 3.79. The zero-order valence-corrected chi connectivity index (χ0v) is 13.4. The van der Waals surface area contributed by atoms with E-state index in [0.717, 1.165) is 11.3 Å². The van der Waals surface area contributed by atoms with Crippen LogP contribution in [0.4, 0.5) is 10.1 Å². The number of halogens is 1. The second-order valence-electron chi connectivity index (χ2n) is 6.12. The van der Waals surface area contributed by atoms with Crippen molar-refractivity contribution in [2.45, 2.75) is 19.9 Å². The van der Waals surface area contributed by atoms with Crippen LogP contribution in [0.2, 0.25) is 0 Å². The van der Waals surface area contributed by atoms with Gasteiger partial charge in [-0.05, 0) is 37.1 Å². The number of aryl methyl sites for hydroxylation is 1. The van der Waals surface area contributed by atoms with E-state index >= 15 is 0 Å². The molecule has 4 nitrogen and oxygen atoms in total. The summed E-state index contributed by atoms with van der Waals surface area (Å²) < 4.78 is 13.5. The lowest BCUT2D eigenvalue weighted by molar-refractivity contribution is -0.125. The lowest BCUT2D eigenvalue weighted by Crippen LogP contribution is -2.27. The van der Waals surface area contributed by atoms with Gasteiger partial charge in [-0.1, -0.05) is 30.3 Å². The fraction of sp³-hybridized carbons (Fsp3) is 0.263. The molecular weight excluding hydrogens is 307 g/mol. The number of amides is 2. The van der Waals surface area contributed by atoms with Gasteiger partial charge in [-0.2, -0.15) is 0 Å². The third-order valence-corrected chi connectivity index (χ3v) is 4.16. The van der Waals surface area contributed by atoms with Crippen LogP contribution in [0.15, 0.2) is 48.5 Å². The summed E-state index contributed by atoms with van der Waals surface area (Å²) in [5, 5.41) is 5.53. The highest BCUT2D eigenvalue weighted by Gasteiger charge is 2.47. The summed E-state index contributed by atoms with van der Waals surface area (Å²) in [4.78, 5) is 24.3. The summed E-state index contributed by atoms with van der Waals surface area (Å²) in [6, 6.07) is 13.8. The van der Waals surface area contributed by atoms with Crippen molar-refractivity contribution in [3.8, 4) is 0 Å². The van der Waals surface area contributed by atoms with E-state index in [1.807, 2.05) is 31.2 Å². The van der Waals surface area contributed by atoms with Crippen molar-refractivity contribution in [3.63, 3.8) is 0 Å². The second kappa shape index (κ2) is 6.83. The van der Waals surface area contributed by atoms with E-state index in [0.29, 0.717) is 12.0 Å². The lowest BCUT2D eigenvalue weighted by atomic mass is 10.2. The van der Waals surface area contributed by atoms with E-state index in [9.17, 15) is 14.0 Å². The van der Waals surface area contributed by atoms with Crippen molar-refractivity contribution in [1.82, 2.24) is 5.32 Å². The minimum absolute atomic E-state index is 0.133. The average molecular weight is 326 g/mol. The molecule has 5 heteroatoms. The Kier molecular flexibility index (Phi) is 4.60. The van der Waals surface area contributed by atoms with Gasteiger partial charge in [0.05, 0.1) is 11.8 Å². The Morgan fingerprint density at radius 3 is 2.58 bits per heavy atom. The predicted molar refractivity (Wildman–Crippen MR) is 89.7 cm³/mol. The van der Waals surface area contributed by atoms with Crippen molar-refractivity contribution < 1.29 is 14.0 Å². The summed E-state index contributed by atoms with van der Waals surface area (Å²) in [6.45, 7) is 2.08. The normalized spacial score (nSPS) is 18.8. The number of hydrogen-bond acceptors (Lipinski definition) is 2. The van der Waals surface area contributed by atoms with Crippen LogP contribution in [0.1, 0.15) is 17.5 Å². The molecule has 0 spiro atoms. The van der Waals surface area contributed by atoms with Gasteiger partial charge >= 0.3 is 0 Å². The number of benzene rings is 2. The number of nitrogens with one attached hydrogen (secondary N) is 2. The number of anilines is 1. The highest BCUT2D eigenvalue weighted by Crippen LogP contribution is 2.39. The molecular formula is C19H19FN2O2. The molecule has 2 aromatic rings. The highest BCUT2D eigenvalue weighted by molar-refractivity contribution is 5.99. The number of hydrogen-bond donors (Lipinski definition) is 2. The molecule has 1 aliphatic rings. The Morgan fingerprint density at radius 1 is 1.08 bits per heavy atom. The third-order valence-electron chi connectivity index (χ3n) is 4.16. The van der Waals surface area contributed by atoms with Gasteiger partial charge in [0, 0.05) is 17.8 Å². The van der Waals surface area contributed by atoms with Crippen LogP contribution in [-0.4, -0.2) is 11.8 Å². The summed E-state index contributed by atoms with van der Waals surface area (Å²) in [5.74, 6) is -1.34. The van der Waals surface area contributed by atoms with E-state index in [4.69, 9.17) is 0 Å². The number of carbonyl (C=O) groups excluding carboxylic acids is 2. The molecule has 1 saturated carbocycles. The largest absolute Gasteiger partial charge is 0.352 e. The summed E-state index contributed by atoms with van der Waals surface area (Å²) in [7, 11) is 0. The molecule has 2 aromatic carbocycles. The first-order chi connectivity index (χ1) is 11.5. The molecule has 0 aliphatic heterocycles. The van der Waals surface area contributed by atoms with Crippen LogP contribution < -0.4 is 10.6 Å². The maximum atomic E-state index is 13.5. The molecule has 1 fully saturated rings. The zero-order chi connectivity index (χ0) is 17.1. The molecule has 0 saturated heterocycles. The molecule has 0 heterocycles. The minimum atomic E-state index is -0.345. The van der Waals surface area contributed by atoms with Gasteiger partial charge in [-0.3, -0.25) is 9.59 Å². The van der Waals surface area contributed by atoms with Crippen molar-refractivity contribution in [2.75, 3.05) is 5.32 Å². The Labute approximate surface area is 140 Å². The molecule has 2 amide bonds. The first-order valence-electron chi connectivity index (χ1n) is 7.93. The average Bonchev–Trinajstić information content (AvgIpc) is 3.35. The van der Waals surface area contributed by atoms with Gasteiger partial charge in [0.25, 0.3) is 0 Å². The summed E-state index contributed by atoms with van der Waals surface area (Å²) in [6.07, 6.45) is 0.529. The standard InChI is InChI=1S/C19H19FN2O2/c1-12-5-4-7-14(9-12)22-19(24)16-10-15(16)18(23)21-11-13-6-2-3-8-17(13)20/h2-9,15-16H,10-11H2,1H3,(H,21,23)(H,22,24). The van der Waals surface area contributed by atoms with Crippen molar-refractivity contribution >= 4 is 17.5 Å². The van der Waals surface area contributed by atoms with Crippen LogP contribution >= 0.6 is 0 Å². The van der Waals surface area contributed by atoms with E-state index in [-0.39, 0.29) is 36.0 Å². The Balaban J connectivity index is 1.50. The quantitative estimate of drug-likeness (QED) is 0.887. The minimum Gasteiger partial charge on any atom is -0.352 e. The maximum Gasteiger partial charge on any atom is 0.228 e. The van der Waals surface area contributed by atoms with E-state index in [1.165, 1.54) is 6.07 Å². The predicted octanol–water partition coefficient (Wildman–Crippen LogP) is 3.03. The van der Waals surface area contributed by atoms with E-state index < -0.39 is 0 Å². The van der Waals surface area contributed by atoms with Crippen molar-refractivity contribution in [2.24, 2.45) is 11.8 Å². The molecule has 0 aromatic heterocycles. The molecule has 24 heavy (non-hydrogen) atoms. The van der Waals surface area contributed by atoms with Crippen LogP contribution in [0.3, 0.4) is 0 Å². The van der Waals surface area contributed by atoms with Crippen LogP contribution in [0, 0.1) is 24.6 Å². The highest BCUT2D eigenvalue weighted by atomic mass is 19.1. The first kappa shape index (κ1) is 16.2. The van der Waals surface area contributed by atoms with Crippen LogP contribution in [0.5, 0.6) is 0 Å². The molecule has 3 rings (SSSR count). The SMILES string of the molecule is Cc1cccc(NC(=O)C2CC2C(=O)NCc2ccccc2F)c1. The molecule has 1 aliphatic carbocycles. The van der Waals surface area contributed by atoms with Gasteiger partial charge in [0.1, 0.15) is 5.82 Å². The second-order valence-corrected chi connectivity index (χ2v) is 6.12. The molecule has 0 bridgehead atoms. The van der Waals surface area contributed by atoms with Crippen LogP contribution in [0.25, 0.3) is 0 Å². The van der Waals surface area contributed by atoms with E-state index in [2.05, 4.69) is 10.6 Å². The topological polar surface area (TPSA) is 58.2 Å². The Bertz CT molecular complexity index is 775. The van der Waals surface area contributed by atoms with E-state index in [1.54, 1.807) is 18.2 Å². The maximum absolute atomic E-state index is 13.5. The monoisotopic (exact) mass is 326 g/mol. The lowest BCUT2D eigenvalue weighted by Gasteiger charge is -2.07. The first-order valence-corrected chi connectivity index (χ1v) is 7.93. The molecule has 0 radical (unpaired) electrons. The van der Waals surface area contributed by atoms with Crippen molar-refractivity contribution in [3.05, 3.63) is 65.5 Å².